The summed E-state index contributed by atoms with van der Waals surface area (Å²) >= 11 is 0. The Hall–Kier alpha value is -3.90. The predicted molar refractivity (Wildman–Crippen MR) is 159 cm³/mol. The van der Waals surface area contributed by atoms with E-state index in [9.17, 15) is 24.0 Å². The standard InChI is InChI=1S/C31H44N6O7/c1-29(2,3)22(34-28(42)44-30(4,5)6)26(40)36-15-17-10-7-8-11-18(17)21(36)25(39)37-16-31(14-19(37)23(32)38)27(41)35-24-20(43-31)12-9-13-33-24/h9,12-13,17-19,21-22H,7-8,10-11,14-16H2,1-6H3,(H2,32,38)(H,34,42)(H,33,35,41)/t17-,18-,19-,21-,22+,31+/m0/s1. The molecule has 0 bridgehead atoms. The Kier molecular flexibility index (Phi) is 8.04. The Morgan fingerprint density at radius 3 is 2.50 bits per heavy atom. The second-order valence-corrected chi connectivity index (χ2v) is 14.6. The molecule has 3 aliphatic heterocycles. The molecule has 4 heterocycles. The van der Waals surface area contributed by atoms with Crippen LogP contribution in [0.15, 0.2) is 18.3 Å². The van der Waals surface area contributed by atoms with Gasteiger partial charge in [-0.25, -0.2) is 9.78 Å². The number of carbonyl (C=O) groups excluding carboxylic acids is 5. The SMILES string of the molecule is CC(C)(C)OC(=O)N[C@H](C(=O)N1C[C@@H]2CCCC[C@@H]2[C@H]1C(=O)N1C[C@@]2(C[C@H]1C(N)=O)Oc1cccnc1NC2=O)C(C)(C)C. The number of amides is 5. The van der Waals surface area contributed by atoms with Gasteiger partial charge in [-0.3, -0.25) is 19.2 Å². The highest BCUT2D eigenvalue weighted by molar-refractivity contribution is 6.03. The summed E-state index contributed by atoms with van der Waals surface area (Å²) in [6, 6.07) is 0.318. The van der Waals surface area contributed by atoms with E-state index in [1.807, 2.05) is 20.8 Å². The summed E-state index contributed by atoms with van der Waals surface area (Å²) in [6.07, 6.45) is 4.15. The minimum atomic E-state index is -1.54. The van der Waals surface area contributed by atoms with Crippen molar-refractivity contribution < 1.29 is 33.4 Å². The van der Waals surface area contributed by atoms with Crippen molar-refractivity contribution in [2.24, 2.45) is 23.0 Å². The summed E-state index contributed by atoms with van der Waals surface area (Å²) in [5, 5.41) is 5.50. The van der Waals surface area contributed by atoms with Crippen LogP contribution in [0.3, 0.4) is 0 Å². The van der Waals surface area contributed by atoms with E-state index < -0.39 is 64.5 Å². The van der Waals surface area contributed by atoms with Gasteiger partial charge in [0.2, 0.25) is 23.3 Å². The number of ether oxygens (including phenoxy) is 2. The smallest absolute Gasteiger partial charge is 0.408 e. The number of pyridine rings is 1. The summed E-state index contributed by atoms with van der Waals surface area (Å²) in [7, 11) is 0. The second kappa shape index (κ2) is 11.2. The molecule has 6 atom stereocenters. The number of nitrogens with two attached hydrogens (primary N) is 1. The van der Waals surface area contributed by atoms with Crippen LogP contribution in [-0.4, -0.2) is 86.9 Å². The van der Waals surface area contributed by atoms with Gasteiger partial charge in [-0.05, 0) is 63.0 Å². The molecule has 44 heavy (non-hydrogen) atoms. The van der Waals surface area contributed by atoms with Gasteiger partial charge in [-0.15, -0.1) is 0 Å². The molecule has 5 rings (SSSR count). The number of aromatic nitrogens is 1. The van der Waals surface area contributed by atoms with Crippen molar-refractivity contribution in [3.63, 3.8) is 0 Å². The van der Waals surface area contributed by atoms with E-state index in [0.29, 0.717) is 12.3 Å². The van der Waals surface area contributed by atoms with Crippen molar-refractivity contribution >= 4 is 35.5 Å². The number of carbonyl (C=O) groups is 5. The second-order valence-electron chi connectivity index (χ2n) is 14.6. The van der Waals surface area contributed by atoms with Crippen LogP contribution in [0.4, 0.5) is 10.6 Å². The van der Waals surface area contributed by atoms with Crippen LogP contribution in [0.5, 0.6) is 5.75 Å². The lowest BCUT2D eigenvalue weighted by atomic mass is 9.78. The number of anilines is 1. The maximum Gasteiger partial charge on any atom is 0.408 e. The van der Waals surface area contributed by atoms with Crippen LogP contribution in [0.2, 0.25) is 0 Å². The topological polar surface area (TPSA) is 173 Å². The molecule has 240 valence electrons. The fraction of sp³-hybridized carbons (Fsp3) is 0.677. The molecule has 0 aromatic carbocycles. The van der Waals surface area contributed by atoms with Gasteiger partial charge < -0.3 is 35.6 Å². The van der Waals surface area contributed by atoms with Crippen LogP contribution in [0, 0.1) is 17.3 Å². The van der Waals surface area contributed by atoms with Crippen molar-refractivity contribution in [1.29, 1.82) is 0 Å². The molecule has 4 aliphatic rings. The van der Waals surface area contributed by atoms with Gasteiger partial charge in [0.05, 0.1) is 6.54 Å². The van der Waals surface area contributed by atoms with Crippen LogP contribution >= 0.6 is 0 Å². The number of alkyl carbamates (subject to hydrolysis) is 1. The number of likely N-dealkylation sites (tertiary alicyclic amines) is 2. The van der Waals surface area contributed by atoms with Gasteiger partial charge in [0.15, 0.2) is 11.6 Å². The molecule has 1 spiro atoms. The number of nitrogens with zero attached hydrogens (tertiary/aromatic N) is 3. The van der Waals surface area contributed by atoms with E-state index in [1.165, 1.54) is 11.1 Å². The first-order valence-corrected chi connectivity index (χ1v) is 15.4. The maximum absolute atomic E-state index is 14.6. The first-order valence-electron chi connectivity index (χ1n) is 15.4. The zero-order valence-corrected chi connectivity index (χ0v) is 26.3. The Labute approximate surface area is 257 Å². The lowest BCUT2D eigenvalue weighted by Crippen LogP contribution is -2.60. The van der Waals surface area contributed by atoms with Crippen LogP contribution in [-0.2, 0) is 23.9 Å². The Bertz CT molecular complexity index is 1350. The molecular weight excluding hydrogens is 568 g/mol. The Balaban J connectivity index is 1.46. The summed E-state index contributed by atoms with van der Waals surface area (Å²) < 4.78 is 11.6. The predicted octanol–water partition coefficient (Wildman–Crippen LogP) is 2.19. The van der Waals surface area contributed by atoms with Crippen molar-refractivity contribution in [1.82, 2.24) is 20.1 Å². The van der Waals surface area contributed by atoms with Crippen LogP contribution < -0.4 is 21.1 Å². The Morgan fingerprint density at radius 1 is 1.14 bits per heavy atom. The van der Waals surface area contributed by atoms with E-state index in [-0.39, 0.29) is 30.6 Å². The number of hydrogen-bond donors (Lipinski definition) is 3. The average Bonchev–Trinajstić information content (AvgIpc) is 3.50. The summed E-state index contributed by atoms with van der Waals surface area (Å²) in [4.78, 5) is 75.0. The molecule has 1 aliphatic carbocycles. The first-order chi connectivity index (χ1) is 20.5. The summed E-state index contributed by atoms with van der Waals surface area (Å²) in [5.74, 6) is -1.60. The molecular formula is C31H44N6O7. The van der Waals surface area contributed by atoms with Gasteiger partial charge >= 0.3 is 6.09 Å². The summed E-state index contributed by atoms with van der Waals surface area (Å²) in [6.45, 7) is 10.9. The minimum absolute atomic E-state index is 0.0829. The quantitative estimate of drug-likeness (QED) is 0.464. The molecule has 1 aromatic heterocycles. The monoisotopic (exact) mass is 612 g/mol. The third-order valence-corrected chi connectivity index (χ3v) is 9.11. The van der Waals surface area contributed by atoms with E-state index in [4.69, 9.17) is 15.2 Å². The van der Waals surface area contributed by atoms with Crippen molar-refractivity contribution in [2.45, 2.75) is 103 Å². The maximum atomic E-state index is 14.6. The Morgan fingerprint density at radius 2 is 1.84 bits per heavy atom. The molecule has 13 nitrogen and oxygen atoms in total. The minimum Gasteiger partial charge on any atom is -0.472 e. The van der Waals surface area contributed by atoms with E-state index in [2.05, 4.69) is 15.6 Å². The number of nitrogens with one attached hydrogen (secondary N) is 2. The normalized spacial score (nSPS) is 28.8. The highest BCUT2D eigenvalue weighted by Crippen LogP contribution is 2.45. The van der Waals surface area contributed by atoms with Gasteiger partial charge in [0.25, 0.3) is 5.91 Å². The van der Waals surface area contributed by atoms with Gasteiger partial charge in [0.1, 0.15) is 23.7 Å². The fourth-order valence-electron chi connectivity index (χ4n) is 7.07. The number of hydrogen-bond acceptors (Lipinski definition) is 8. The molecule has 1 saturated carbocycles. The number of primary amides is 1. The third kappa shape index (κ3) is 5.92. The lowest BCUT2D eigenvalue weighted by molar-refractivity contribution is -0.150. The molecule has 0 radical (unpaired) electrons. The van der Waals surface area contributed by atoms with Crippen molar-refractivity contribution in [2.75, 3.05) is 18.4 Å². The van der Waals surface area contributed by atoms with Crippen molar-refractivity contribution in [3.8, 4) is 5.75 Å². The highest BCUT2D eigenvalue weighted by Gasteiger charge is 2.60. The highest BCUT2D eigenvalue weighted by atomic mass is 16.6. The van der Waals surface area contributed by atoms with Crippen molar-refractivity contribution in [3.05, 3.63) is 18.3 Å². The number of rotatable bonds is 4. The zero-order valence-electron chi connectivity index (χ0n) is 26.3. The largest absolute Gasteiger partial charge is 0.472 e. The van der Waals surface area contributed by atoms with E-state index in [1.54, 1.807) is 37.8 Å². The molecule has 13 heteroatoms. The van der Waals surface area contributed by atoms with E-state index in [0.717, 1.165) is 25.7 Å². The number of fused-ring (bicyclic) bond motifs is 2. The summed E-state index contributed by atoms with van der Waals surface area (Å²) in [5.41, 5.74) is 2.79. The molecule has 2 saturated heterocycles. The van der Waals surface area contributed by atoms with Gasteiger partial charge in [-0.2, -0.15) is 0 Å². The molecule has 4 N–H and O–H groups in total. The average molecular weight is 613 g/mol. The molecule has 1 aromatic rings. The molecule has 0 unspecified atom stereocenters. The molecule has 3 fully saturated rings. The van der Waals surface area contributed by atoms with Gasteiger partial charge in [-0.1, -0.05) is 33.6 Å². The third-order valence-electron chi connectivity index (χ3n) is 9.11. The van der Waals surface area contributed by atoms with Gasteiger partial charge in [0, 0.05) is 19.2 Å². The first kappa shape index (κ1) is 31.5. The lowest BCUT2D eigenvalue weighted by Gasteiger charge is -2.38. The fourth-order valence-corrected chi connectivity index (χ4v) is 7.07. The zero-order chi connectivity index (χ0) is 32.2. The van der Waals surface area contributed by atoms with Crippen LogP contribution in [0.25, 0.3) is 0 Å². The van der Waals surface area contributed by atoms with E-state index >= 15 is 0 Å². The van der Waals surface area contributed by atoms with Crippen LogP contribution in [0.1, 0.15) is 73.6 Å². The molecule has 5 amide bonds.